The number of nitrogens with two attached hydrogens (primary N) is 1. The van der Waals surface area contributed by atoms with E-state index in [0.29, 0.717) is 0 Å². The van der Waals surface area contributed by atoms with Crippen LogP contribution < -0.4 is 5.73 Å². The van der Waals surface area contributed by atoms with Gasteiger partial charge in [-0.3, -0.25) is 0 Å². The van der Waals surface area contributed by atoms with E-state index in [1.54, 1.807) is 0 Å². The van der Waals surface area contributed by atoms with Crippen molar-refractivity contribution in [1.82, 2.24) is 0 Å². The largest absolute Gasteiger partial charge is 0.392 e. The second-order valence-corrected chi connectivity index (χ2v) is 2.83. The van der Waals surface area contributed by atoms with Gasteiger partial charge in [-0.15, -0.1) is 0 Å². The third kappa shape index (κ3) is 1.84. The van der Waals surface area contributed by atoms with Crippen molar-refractivity contribution in [2.24, 2.45) is 5.73 Å². The van der Waals surface area contributed by atoms with Crippen molar-refractivity contribution in [3.8, 4) is 0 Å². The van der Waals surface area contributed by atoms with Crippen LogP contribution >= 0.6 is 0 Å². The molecule has 1 aromatic carbocycles. The number of hydrogen-bond acceptors (Lipinski definition) is 2. The highest BCUT2D eigenvalue weighted by molar-refractivity contribution is 5.32. The van der Waals surface area contributed by atoms with Crippen LogP contribution in [0, 0.1) is 0 Å². The highest BCUT2D eigenvalue weighted by Gasteiger charge is 2.17. The SMILES string of the molecule is CN.OC1Cc2ccccc2C1. The first kappa shape index (κ1) is 9.23. The zero-order chi connectivity index (χ0) is 8.97. The number of hydrogen-bond donors (Lipinski definition) is 2. The fraction of sp³-hybridized carbons (Fsp3) is 0.400. The molecule has 2 rings (SSSR count). The Balaban J connectivity index is 0.000000336. The summed E-state index contributed by atoms with van der Waals surface area (Å²) in [5.41, 5.74) is 7.13. The normalized spacial score (nSPS) is 14.9. The number of aliphatic hydroxyl groups excluding tert-OH is 1. The molecule has 0 unspecified atom stereocenters. The van der Waals surface area contributed by atoms with Crippen LogP contribution in [0.25, 0.3) is 0 Å². The van der Waals surface area contributed by atoms with Gasteiger partial charge in [0.25, 0.3) is 0 Å². The van der Waals surface area contributed by atoms with Crippen molar-refractivity contribution < 1.29 is 5.11 Å². The maximum absolute atomic E-state index is 9.25. The zero-order valence-corrected chi connectivity index (χ0v) is 7.33. The van der Waals surface area contributed by atoms with Gasteiger partial charge in [-0.2, -0.15) is 0 Å². The van der Waals surface area contributed by atoms with Crippen molar-refractivity contribution in [3.05, 3.63) is 35.4 Å². The van der Waals surface area contributed by atoms with Gasteiger partial charge in [0.1, 0.15) is 0 Å². The first-order valence-corrected chi connectivity index (χ1v) is 4.19. The van der Waals surface area contributed by atoms with E-state index >= 15 is 0 Å². The lowest BCUT2D eigenvalue weighted by atomic mass is 10.1. The second-order valence-electron chi connectivity index (χ2n) is 2.83. The van der Waals surface area contributed by atoms with Gasteiger partial charge in [0.05, 0.1) is 6.10 Å². The standard InChI is InChI=1S/C9H10O.CH5N/c10-9-5-7-3-1-2-4-8(7)6-9;1-2/h1-4,9-10H,5-6H2;2H2,1H3. The molecule has 0 saturated heterocycles. The molecule has 0 fully saturated rings. The van der Waals surface area contributed by atoms with E-state index in [-0.39, 0.29) is 6.10 Å². The quantitative estimate of drug-likeness (QED) is 0.595. The van der Waals surface area contributed by atoms with Crippen molar-refractivity contribution in [2.75, 3.05) is 7.05 Å². The second kappa shape index (κ2) is 4.24. The van der Waals surface area contributed by atoms with Gasteiger partial charge in [-0.1, -0.05) is 24.3 Å². The van der Waals surface area contributed by atoms with Crippen molar-refractivity contribution in [3.63, 3.8) is 0 Å². The van der Waals surface area contributed by atoms with Crippen LogP contribution in [0.4, 0.5) is 0 Å². The van der Waals surface area contributed by atoms with E-state index in [1.165, 1.54) is 18.2 Å². The lowest BCUT2D eigenvalue weighted by molar-refractivity contribution is 0.187. The highest BCUT2D eigenvalue weighted by Crippen LogP contribution is 2.20. The Hall–Kier alpha value is -0.860. The molecular weight excluding hydrogens is 150 g/mol. The average Bonchev–Trinajstić information content (AvgIpc) is 2.48. The molecule has 0 atom stereocenters. The molecule has 0 spiro atoms. The average molecular weight is 165 g/mol. The van der Waals surface area contributed by atoms with Gasteiger partial charge in [-0.25, -0.2) is 0 Å². The molecule has 2 nitrogen and oxygen atoms in total. The summed E-state index contributed by atoms with van der Waals surface area (Å²) in [5, 5.41) is 9.25. The Bertz CT molecular complexity index is 222. The molecule has 1 aliphatic rings. The minimum atomic E-state index is -0.127. The Morgan fingerprint density at radius 2 is 1.58 bits per heavy atom. The minimum Gasteiger partial charge on any atom is -0.392 e. The van der Waals surface area contributed by atoms with E-state index in [1.807, 2.05) is 12.1 Å². The van der Waals surface area contributed by atoms with Crippen LogP contribution in [0.5, 0.6) is 0 Å². The van der Waals surface area contributed by atoms with Crippen molar-refractivity contribution >= 4 is 0 Å². The summed E-state index contributed by atoms with van der Waals surface area (Å²) < 4.78 is 0. The number of fused-ring (bicyclic) bond motifs is 1. The third-order valence-corrected chi connectivity index (χ3v) is 2.03. The van der Waals surface area contributed by atoms with Crippen LogP contribution in [0.1, 0.15) is 11.1 Å². The topological polar surface area (TPSA) is 46.2 Å². The fourth-order valence-electron chi connectivity index (χ4n) is 1.54. The van der Waals surface area contributed by atoms with Gasteiger partial charge >= 0.3 is 0 Å². The predicted molar refractivity (Wildman–Crippen MR) is 50.0 cm³/mol. The summed E-state index contributed by atoms with van der Waals surface area (Å²) in [6, 6.07) is 8.23. The van der Waals surface area contributed by atoms with E-state index in [2.05, 4.69) is 17.9 Å². The molecule has 0 aromatic heterocycles. The van der Waals surface area contributed by atoms with Gasteiger partial charge < -0.3 is 10.8 Å². The van der Waals surface area contributed by atoms with Gasteiger partial charge in [0.2, 0.25) is 0 Å². The molecule has 0 bridgehead atoms. The molecule has 0 saturated carbocycles. The molecule has 1 aliphatic carbocycles. The van der Waals surface area contributed by atoms with Crippen LogP contribution in [0.2, 0.25) is 0 Å². The van der Waals surface area contributed by atoms with Gasteiger partial charge in [0, 0.05) is 0 Å². The third-order valence-electron chi connectivity index (χ3n) is 2.03. The lowest BCUT2D eigenvalue weighted by Gasteiger charge is -1.93. The Morgan fingerprint density at radius 3 is 2.00 bits per heavy atom. The van der Waals surface area contributed by atoms with Crippen molar-refractivity contribution in [2.45, 2.75) is 18.9 Å². The van der Waals surface area contributed by atoms with E-state index in [0.717, 1.165) is 12.8 Å². The first-order valence-electron chi connectivity index (χ1n) is 4.19. The molecular formula is C10H15NO. The summed E-state index contributed by atoms with van der Waals surface area (Å²) in [6.07, 6.45) is 1.56. The molecule has 0 heterocycles. The Morgan fingerprint density at radius 1 is 1.17 bits per heavy atom. The van der Waals surface area contributed by atoms with Gasteiger partial charge in [0.15, 0.2) is 0 Å². The maximum Gasteiger partial charge on any atom is 0.0621 e. The van der Waals surface area contributed by atoms with Crippen LogP contribution in [0.3, 0.4) is 0 Å². The van der Waals surface area contributed by atoms with Gasteiger partial charge in [-0.05, 0) is 31.0 Å². The number of aliphatic hydroxyl groups is 1. The van der Waals surface area contributed by atoms with Crippen molar-refractivity contribution in [1.29, 1.82) is 0 Å². The Kier molecular flexibility index (Phi) is 3.26. The smallest absolute Gasteiger partial charge is 0.0621 e. The summed E-state index contributed by atoms with van der Waals surface area (Å²) in [6.45, 7) is 0. The molecule has 2 heteroatoms. The molecule has 0 aliphatic heterocycles. The lowest BCUT2D eigenvalue weighted by Crippen LogP contribution is -2.03. The molecule has 12 heavy (non-hydrogen) atoms. The van der Waals surface area contributed by atoms with E-state index in [9.17, 15) is 5.11 Å². The summed E-state index contributed by atoms with van der Waals surface area (Å²) in [5.74, 6) is 0. The molecule has 0 amide bonds. The summed E-state index contributed by atoms with van der Waals surface area (Å²) >= 11 is 0. The zero-order valence-electron chi connectivity index (χ0n) is 7.33. The van der Waals surface area contributed by atoms with E-state index < -0.39 is 0 Å². The first-order chi connectivity index (χ1) is 5.86. The van der Waals surface area contributed by atoms with Crippen LogP contribution in [0.15, 0.2) is 24.3 Å². The molecule has 1 aromatic rings. The maximum atomic E-state index is 9.25. The van der Waals surface area contributed by atoms with E-state index in [4.69, 9.17) is 0 Å². The molecule has 66 valence electrons. The summed E-state index contributed by atoms with van der Waals surface area (Å²) in [4.78, 5) is 0. The fourth-order valence-corrected chi connectivity index (χ4v) is 1.54. The molecule has 0 radical (unpaired) electrons. The number of rotatable bonds is 0. The highest BCUT2D eigenvalue weighted by atomic mass is 16.3. The van der Waals surface area contributed by atoms with Crippen LogP contribution in [-0.2, 0) is 12.8 Å². The minimum absolute atomic E-state index is 0.127. The van der Waals surface area contributed by atoms with Crippen LogP contribution in [-0.4, -0.2) is 18.3 Å². The summed E-state index contributed by atoms with van der Waals surface area (Å²) in [7, 11) is 1.50. The monoisotopic (exact) mass is 165 g/mol. The molecule has 3 N–H and O–H groups in total. The Labute approximate surface area is 73.0 Å². The predicted octanol–water partition coefficient (Wildman–Crippen LogP) is 0.721. The number of benzene rings is 1.